The molecule has 5 rings (SSSR count). The minimum atomic E-state index is 0.0641. The highest BCUT2D eigenvalue weighted by molar-refractivity contribution is 7.98. The Morgan fingerprint density at radius 3 is 2.38 bits per heavy atom. The zero-order valence-electron chi connectivity index (χ0n) is 22.3. The third-order valence-electron chi connectivity index (χ3n) is 6.76. The Labute approximate surface area is 244 Å². The van der Waals surface area contributed by atoms with Crippen molar-refractivity contribution >= 4 is 35.1 Å². The van der Waals surface area contributed by atoms with Crippen LogP contribution in [0.15, 0.2) is 79.0 Å². The summed E-state index contributed by atoms with van der Waals surface area (Å²) in [6.07, 6.45) is 3.63. The van der Waals surface area contributed by atoms with Gasteiger partial charge >= 0.3 is 0 Å². The molecule has 3 aromatic rings. The summed E-state index contributed by atoms with van der Waals surface area (Å²) in [5.41, 5.74) is 2.96. The summed E-state index contributed by atoms with van der Waals surface area (Å²) in [4.78, 5) is 28.5. The molecule has 2 aromatic carbocycles. The highest BCUT2D eigenvalue weighted by Gasteiger charge is 2.23. The molecule has 8 nitrogen and oxygen atoms in total. The number of rotatable bonds is 11. The number of aromatic nitrogens is 2. The van der Waals surface area contributed by atoms with Crippen LogP contribution in [0.25, 0.3) is 0 Å². The maximum Gasteiger partial charge on any atom is 0.253 e. The van der Waals surface area contributed by atoms with Crippen molar-refractivity contribution in [2.75, 3.05) is 51.0 Å². The lowest BCUT2D eigenvalue weighted by molar-refractivity contribution is 0.0628. The first-order valence-corrected chi connectivity index (χ1v) is 14.5. The molecule has 0 saturated carbocycles. The van der Waals surface area contributed by atoms with Crippen molar-refractivity contribution in [2.45, 2.75) is 17.5 Å². The van der Waals surface area contributed by atoms with Gasteiger partial charge in [-0.3, -0.25) is 9.69 Å². The summed E-state index contributed by atoms with van der Waals surface area (Å²) in [6, 6.07) is 15.6. The van der Waals surface area contributed by atoms with Crippen LogP contribution in [0.2, 0.25) is 5.15 Å². The largest absolute Gasteiger partial charge is 0.454 e. The molecule has 0 radical (unpaired) electrons. The van der Waals surface area contributed by atoms with E-state index in [-0.39, 0.29) is 12.7 Å². The maximum atomic E-state index is 13.1. The number of piperazine rings is 1. The van der Waals surface area contributed by atoms with E-state index in [0.29, 0.717) is 47.8 Å². The molecule has 2 aliphatic rings. The van der Waals surface area contributed by atoms with Crippen LogP contribution in [-0.2, 0) is 12.3 Å². The lowest BCUT2D eigenvalue weighted by Gasteiger charge is -2.34. The first kappa shape index (κ1) is 28.0. The van der Waals surface area contributed by atoms with Crippen LogP contribution >= 0.6 is 23.4 Å². The minimum Gasteiger partial charge on any atom is -0.454 e. The van der Waals surface area contributed by atoms with Crippen LogP contribution in [0.4, 0.5) is 5.82 Å². The minimum absolute atomic E-state index is 0.0641. The van der Waals surface area contributed by atoms with Gasteiger partial charge in [0.1, 0.15) is 11.0 Å². The number of thioether (sulfide) groups is 1. The van der Waals surface area contributed by atoms with Gasteiger partial charge in [-0.1, -0.05) is 53.7 Å². The summed E-state index contributed by atoms with van der Waals surface area (Å²) in [5, 5.41) is 0.988. The van der Waals surface area contributed by atoms with Crippen molar-refractivity contribution in [2.24, 2.45) is 0 Å². The molecule has 0 aliphatic carbocycles. The van der Waals surface area contributed by atoms with Crippen LogP contribution in [0.3, 0.4) is 0 Å². The normalized spacial score (nSPS) is 14.7. The highest BCUT2D eigenvalue weighted by Crippen LogP contribution is 2.33. The molecule has 1 saturated heterocycles. The molecule has 0 unspecified atom stereocenters. The summed E-state index contributed by atoms with van der Waals surface area (Å²) >= 11 is 7.78. The topological polar surface area (TPSA) is 71.0 Å². The number of anilines is 1. The smallest absolute Gasteiger partial charge is 0.253 e. The number of carbonyl (C=O) groups is 1. The fraction of sp³-hybridized carbons (Fsp3) is 0.300. The van der Waals surface area contributed by atoms with Crippen molar-refractivity contribution in [1.29, 1.82) is 0 Å². The lowest BCUT2D eigenvalue weighted by atomic mass is 10.1. The van der Waals surface area contributed by atoms with E-state index in [1.165, 1.54) is 17.3 Å². The third kappa shape index (κ3) is 6.96. The highest BCUT2D eigenvalue weighted by atomic mass is 35.5. The van der Waals surface area contributed by atoms with E-state index < -0.39 is 0 Å². The Hall–Kier alpha value is -3.53. The second-order valence-electron chi connectivity index (χ2n) is 9.56. The molecule has 0 N–H and O–H groups in total. The number of halogens is 1. The number of carbonyl (C=O) groups excluding carboxylic acids is 1. The molecular formula is C30H32ClN5O3S. The van der Waals surface area contributed by atoms with Crippen LogP contribution < -0.4 is 14.4 Å². The van der Waals surface area contributed by atoms with Crippen LogP contribution in [0.5, 0.6) is 11.5 Å². The van der Waals surface area contributed by atoms with Gasteiger partial charge in [0.15, 0.2) is 16.7 Å². The zero-order chi connectivity index (χ0) is 27.9. The monoisotopic (exact) mass is 577 g/mol. The number of benzene rings is 2. The Kier molecular flexibility index (Phi) is 9.26. The number of nitrogens with zero attached hydrogens (tertiary/aromatic N) is 5. The van der Waals surface area contributed by atoms with E-state index in [1.807, 2.05) is 58.4 Å². The van der Waals surface area contributed by atoms with Gasteiger partial charge in [-0.25, -0.2) is 9.97 Å². The van der Waals surface area contributed by atoms with Gasteiger partial charge in [0.2, 0.25) is 6.79 Å². The molecule has 2 aliphatic heterocycles. The number of hydrogen-bond acceptors (Lipinski definition) is 8. The molecule has 0 atom stereocenters. The van der Waals surface area contributed by atoms with Crippen molar-refractivity contribution < 1.29 is 14.3 Å². The fourth-order valence-corrected chi connectivity index (χ4v) is 5.70. The average molecular weight is 578 g/mol. The fourth-order valence-electron chi connectivity index (χ4n) is 4.67. The summed E-state index contributed by atoms with van der Waals surface area (Å²) in [5.74, 6) is 3.06. The Morgan fingerprint density at radius 1 is 0.950 bits per heavy atom. The molecule has 208 valence electrons. The summed E-state index contributed by atoms with van der Waals surface area (Å²) < 4.78 is 10.9. The van der Waals surface area contributed by atoms with E-state index in [1.54, 1.807) is 6.07 Å². The van der Waals surface area contributed by atoms with Crippen LogP contribution in [0.1, 0.15) is 21.5 Å². The first-order chi connectivity index (χ1) is 19.5. The molecule has 1 amide bonds. The van der Waals surface area contributed by atoms with Crippen LogP contribution in [-0.4, -0.2) is 71.7 Å². The van der Waals surface area contributed by atoms with Crippen molar-refractivity contribution in [3.63, 3.8) is 0 Å². The van der Waals surface area contributed by atoms with E-state index >= 15 is 0 Å². The van der Waals surface area contributed by atoms with Gasteiger partial charge < -0.3 is 19.3 Å². The van der Waals surface area contributed by atoms with E-state index in [4.69, 9.17) is 21.1 Å². The van der Waals surface area contributed by atoms with E-state index in [0.717, 1.165) is 42.5 Å². The Morgan fingerprint density at radius 2 is 1.65 bits per heavy atom. The molecule has 10 heteroatoms. The SMILES string of the molecule is C=CCN(CC=C)c1cc(Cl)nc(SCc2ccc(C(=O)N3CCN(Cc4ccc5c(c4)OCO5)CC3)cc2)n1. The van der Waals surface area contributed by atoms with E-state index in [9.17, 15) is 4.79 Å². The molecular weight excluding hydrogens is 546 g/mol. The molecule has 1 fully saturated rings. The molecule has 0 bridgehead atoms. The molecule has 40 heavy (non-hydrogen) atoms. The van der Waals surface area contributed by atoms with E-state index in [2.05, 4.69) is 34.1 Å². The molecule has 1 aromatic heterocycles. The predicted molar refractivity (Wildman–Crippen MR) is 159 cm³/mol. The van der Waals surface area contributed by atoms with Gasteiger partial charge in [-0.15, -0.1) is 13.2 Å². The molecule has 0 spiro atoms. The number of hydrogen-bond donors (Lipinski definition) is 0. The number of amides is 1. The van der Waals surface area contributed by atoms with Crippen molar-refractivity contribution in [1.82, 2.24) is 19.8 Å². The van der Waals surface area contributed by atoms with Gasteiger partial charge in [0.05, 0.1) is 0 Å². The Bertz CT molecular complexity index is 1350. The van der Waals surface area contributed by atoms with Gasteiger partial charge in [-0.2, -0.15) is 0 Å². The number of ether oxygens (including phenoxy) is 2. The van der Waals surface area contributed by atoms with Crippen molar-refractivity contribution in [3.05, 3.63) is 95.7 Å². The number of fused-ring (bicyclic) bond motifs is 1. The average Bonchev–Trinajstić information content (AvgIpc) is 3.44. The van der Waals surface area contributed by atoms with Gasteiger partial charge in [0.25, 0.3) is 5.91 Å². The standard InChI is InChI=1S/C30H32ClN5O3S/c1-3-11-35(12-4-2)28-18-27(31)32-30(33-28)40-20-22-5-8-24(9-6-22)29(37)36-15-13-34(14-16-36)19-23-7-10-25-26(17-23)39-21-38-25/h3-10,17-18H,1-2,11-16,19-21H2. The first-order valence-electron chi connectivity index (χ1n) is 13.2. The maximum absolute atomic E-state index is 13.1. The second kappa shape index (κ2) is 13.2. The van der Waals surface area contributed by atoms with Gasteiger partial charge in [-0.05, 0) is 35.4 Å². The second-order valence-corrected chi connectivity index (χ2v) is 10.9. The quantitative estimate of drug-likeness (QED) is 0.132. The van der Waals surface area contributed by atoms with Crippen LogP contribution in [0, 0.1) is 0 Å². The summed E-state index contributed by atoms with van der Waals surface area (Å²) in [6.45, 7) is 13.0. The van der Waals surface area contributed by atoms with Gasteiger partial charge in [0, 0.05) is 63.2 Å². The Balaban J connectivity index is 1.12. The molecule has 3 heterocycles. The zero-order valence-corrected chi connectivity index (χ0v) is 23.9. The lowest BCUT2D eigenvalue weighted by Crippen LogP contribution is -2.48. The van der Waals surface area contributed by atoms with Crippen molar-refractivity contribution in [3.8, 4) is 11.5 Å². The predicted octanol–water partition coefficient (Wildman–Crippen LogP) is 5.29. The third-order valence-corrected chi connectivity index (χ3v) is 7.87. The summed E-state index contributed by atoms with van der Waals surface area (Å²) in [7, 11) is 0.